The van der Waals surface area contributed by atoms with Crippen LogP contribution in [0.4, 0.5) is 35.1 Å². The highest BCUT2D eigenvalue weighted by Gasteiger charge is 2.61. The molecule has 0 aromatic heterocycles. The van der Waals surface area contributed by atoms with E-state index >= 15 is 0 Å². The summed E-state index contributed by atoms with van der Waals surface area (Å²) >= 11 is 0. The minimum absolute atomic E-state index is 3.30. The van der Waals surface area contributed by atoms with E-state index in [1.165, 1.54) is 0 Å². The van der Waals surface area contributed by atoms with Crippen molar-refractivity contribution >= 4 is 0 Å². The van der Waals surface area contributed by atoms with E-state index < -0.39 is 30.7 Å². The first-order chi connectivity index (χ1) is 5.98. The Morgan fingerprint density at radius 1 is 0.786 bits per heavy atom. The molecule has 0 radical (unpaired) electrons. The molecule has 1 unspecified atom stereocenters. The molecule has 0 rings (SSSR count). The van der Waals surface area contributed by atoms with E-state index in [4.69, 9.17) is 0 Å². The van der Waals surface area contributed by atoms with Crippen molar-refractivity contribution in [2.75, 3.05) is 0 Å². The number of rotatable bonds is 2. The molecule has 1 nitrogen and oxygen atoms in total. The van der Waals surface area contributed by atoms with E-state index in [2.05, 4.69) is 5.73 Å². The van der Waals surface area contributed by atoms with E-state index in [9.17, 15) is 35.1 Å². The van der Waals surface area contributed by atoms with Gasteiger partial charge in [-0.3, -0.25) is 0 Å². The molecule has 0 aliphatic heterocycles. The molecule has 0 spiro atoms. The predicted molar refractivity (Wildman–Crippen MR) is 29.6 cm³/mol. The Hall–Kier alpha value is -0.600. The van der Waals surface area contributed by atoms with Gasteiger partial charge in [0.05, 0.1) is 6.04 Å². The Morgan fingerprint density at radius 2 is 1.07 bits per heavy atom. The number of nitrogens with two attached hydrogens (primary N) is 1. The number of hydrogen-bond donors (Lipinski definition) is 1. The van der Waals surface area contributed by atoms with Crippen LogP contribution in [0.3, 0.4) is 0 Å². The van der Waals surface area contributed by atoms with Crippen LogP contribution in [0, 0.1) is 5.92 Å². The summed E-state index contributed by atoms with van der Waals surface area (Å²) in [5.74, 6) is -4.20. The molecule has 0 saturated carbocycles. The SMILES string of the molecule is NC(C(F)F)C(C(F)(F)F)C(F)(F)F. The Morgan fingerprint density at radius 3 is 1.14 bits per heavy atom. The molecule has 0 fully saturated rings. The van der Waals surface area contributed by atoms with Crippen LogP contribution >= 0.6 is 0 Å². The molecule has 86 valence electrons. The van der Waals surface area contributed by atoms with E-state index in [0.29, 0.717) is 0 Å². The first-order valence-electron chi connectivity index (χ1n) is 3.15. The van der Waals surface area contributed by atoms with Crippen molar-refractivity contribution < 1.29 is 35.1 Å². The summed E-state index contributed by atoms with van der Waals surface area (Å²) in [6.45, 7) is 0. The topological polar surface area (TPSA) is 26.0 Å². The fraction of sp³-hybridized carbons (Fsp3) is 1.00. The van der Waals surface area contributed by atoms with Gasteiger partial charge >= 0.3 is 12.4 Å². The second-order valence-corrected chi connectivity index (χ2v) is 2.47. The quantitative estimate of drug-likeness (QED) is 0.725. The summed E-state index contributed by atoms with van der Waals surface area (Å²) in [6.07, 6.45) is -15.5. The maximum absolute atomic E-state index is 11.7. The van der Waals surface area contributed by atoms with Crippen molar-refractivity contribution in [1.82, 2.24) is 0 Å². The third-order valence-corrected chi connectivity index (χ3v) is 1.38. The van der Waals surface area contributed by atoms with Crippen molar-refractivity contribution in [2.24, 2.45) is 11.7 Å². The second-order valence-electron chi connectivity index (χ2n) is 2.47. The highest BCUT2D eigenvalue weighted by molar-refractivity contribution is 4.86. The first-order valence-corrected chi connectivity index (χ1v) is 3.15. The fourth-order valence-corrected chi connectivity index (χ4v) is 0.767. The van der Waals surface area contributed by atoms with Crippen LogP contribution in [0.2, 0.25) is 0 Å². The van der Waals surface area contributed by atoms with Crippen molar-refractivity contribution in [3.63, 3.8) is 0 Å². The molecule has 2 N–H and O–H groups in total. The number of halogens is 8. The van der Waals surface area contributed by atoms with Crippen molar-refractivity contribution in [3.05, 3.63) is 0 Å². The monoisotopic (exact) mass is 231 g/mol. The van der Waals surface area contributed by atoms with Gasteiger partial charge < -0.3 is 5.73 Å². The standard InChI is InChI=1S/C5H5F8N/c6-3(7)1(14)2(4(8,9)10)5(11,12)13/h1-3H,14H2. The summed E-state index contributed by atoms with van der Waals surface area (Å²) in [7, 11) is 0. The summed E-state index contributed by atoms with van der Waals surface area (Å²) in [5.41, 5.74) is 4.14. The van der Waals surface area contributed by atoms with Gasteiger partial charge in [0.2, 0.25) is 0 Å². The molecule has 0 aliphatic rings. The van der Waals surface area contributed by atoms with Crippen molar-refractivity contribution in [1.29, 1.82) is 0 Å². The summed E-state index contributed by atoms with van der Waals surface area (Å²) < 4.78 is 93.4. The Bertz CT molecular complexity index is 167. The molecule has 0 amide bonds. The molecule has 0 aromatic rings. The predicted octanol–water partition coefficient (Wildman–Crippen LogP) is 2.32. The molecular formula is C5H5F8N. The van der Waals surface area contributed by atoms with E-state index in [-0.39, 0.29) is 0 Å². The van der Waals surface area contributed by atoms with E-state index in [0.717, 1.165) is 0 Å². The van der Waals surface area contributed by atoms with Gasteiger partial charge in [-0.2, -0.15) is 26.3 Å². The maximum atomic E-state index is 11.7. The zero-order chi connectivity index (χ0) is 11.7. The third-order valence-electron chi connectivity index (χ3n) is 1.38. The average Bonchev–Trinajstić information content (AvgIpc) is 1.79. The van der Waals surface area contributed by atoms with Crippen LogP contribution in [-0.4, -0.2) is 24.8 Å². The largest absolute Gasteiger partial charge is 0.402 e. The van der Waals surface area contributed by atoms with Gasteiger partial charge in [0.1, 0.15) is 0 Å². The van der Waals surface area contributed by atoms with Gasteiger partial charge in [-0.05, 0) is 0 Å². The van der Waals surface area contributed by atoms with Gasteiger partial charge in [-0.15, -0.1) is 0 Å². The molecule has 9 heteroatoms. The molecule has 14 heavy (non-hydrogen) atoms. The lowest BCUT2D eigenvalue weighted by molar-refractivity contribution is -0.295. The lowest BCUT2D eigenvalue weighted by atomic mass is 10.00. The summed E-state index contributed by atoms with van der Waals surface area (Å²) in [6, 6.07) is -3.30. The average molecular weight is 231 g/mol. The normalized spacial score (nSPS) is 16.5. The highest BCUT2D eigenvalue weighted by Crippen LogP contribution is 2.41. The van der Waals surface area contributed by atoms with E-state index in [1.807, 2.05) is 0 Å². The molecule has 0 aliphatic carbocycles. The highest BCUT2D eigenvalue weighted by atomic mass is 19.4. The fourth-order valence-electron chi connectivity index (χ4n) is 0.767. The van der Waals surface area contributed by atoms with Crippen LogP contribution in [0.15, 0.2) is 0 Å². The maximum Gasteiger partial charge on any atom is 0.402 e. The second kappa shape index (κ2) is 3.87. The smallest absolute Gasteiger partial charge is 0.322 e. The van der Waals surface area contributed by atoms with Crippen LogP contribution < -0.4 is 5.73 Å². The Labute approximate surface area is 72.9 Å². The van der Waals surface area contributed by atoms with Gasteiger partial charge in [0.25, 0.3) is 6.43 Å². The van der Waals surface area contributed by atoms with Crippen LogP contribution in [0.1, 0.15) is 0 Å². The van der Waals surface area contributed by atoms with Crippen molar-refractivity contribution in [3.8, 4) is 0 Å². The Kier molecular flexibility index (Phi) is 3.71. The minimum Gasteiger partial charge on any atom is -0.322 e. The summed E-state index contributed by atoms with van der Waals surface area (Å²) in [5, 5.41) is 0. The van der Waals surface area contributed by atoms with E-state index in [1.54, 1.807) is 0 Å². The van der Waals surface area contributed by atoms with Crippen LogP contribution in [0.25, 0.3) is 0 Å². The molecule has 0 saturated heterocycles. The number of hydrogen-bond acceptors (Lipinski definition) is 1. The number of alkyl halides is 8. The van der Waals surface area contributed by atoms with Gasteiger partial charge in [0.15, 0.2) is 5.92 Å². The Balaban J connectivity index is 4.94. The third kappa shape index (κ3) is 3.28. The zero-order valence-electron chi connectivity index (χ0n) is 6.33. The molecule has 0 bridgehead atoms. The van der Waals surface area contributed by atoms with Gasteiger partial charge in [0, 0.05) is 0 Å². The lowest BCUT2D eigenvalue weighted by Gasteiger charge is -2.27. The van der Waals surface area contributed by atoms with Gasteiger partial charge in [-0.25, -0.2) is 8.78 Å². The van der Waals surface area contributed by atoms with Crippen LogP contribution in [-0.2, 0) is 0 Å². The zero-order valence-corrected chi connectivity index (χ0v) is 6.33. The first kappa shape index (κ1) is 13.4. The van der Waals surface area contributed by atoms with Crippen molar-refractivity contribution in [2.45, 2.75) is 24.8 Å². The minimum atomic E-state index is -5.83. The van der Waals surface area contributed by atoms with Crippen LogP contribution in [0.5, 0.6) is 0 Å². The van der Waals surface area contributed by atoms with Gasteiger partial charge in [-0.1, -0.05) is 0 Å². The molecule has 1 atom stereocenters. The molecule has 0 aromatic carbocycles. The molecule has 0 heterocycles. The summed E-state index contributed by atoms with van der Waals surface area (Å²) in [4.78, 5) is 0. The lowest BCUT2D eigenvalue weighted by Crippen LogP contribution is -2.52. The molecular weight excluding hydrogens is 226 g/mol.